The van der Waals surface area contributed by atoms with Crippen LogP contribution in [0.4, 0.5) is 4.39 Å². The van der Waals surface area contributed by atoms with Crippen molar-refractivity contribution in [2.24, 2.45) is 0 Å². The summed E-state index contributed by atoms with van der Waals surface area (Å²) in [7, 11) is 0. The van der Waals surface area contributed by atoms with E-state index >= 15 is 0 Å². The Bertz CT molecular complexity index is 1130. The molecule has 0 aliphatic heterocycles. The zero-order valence-corrected chi connectivity index (χ0v) is 16.7. The van der Waals surface area contributed by atoms with Crippen LogP contribution >= 0.6 is 22.9 Å². The van der Waals surface area contributed by atoms with Crippen molar-refractivity contribution in [3.63, 3.8) is 0 Å². The normalized spacial score (nSPS) is 11.9. The molecule has 1 N–H and O–H groups in total. The minimum absolute atomic E-state index is 0.184. The molecular weight excluding hydrogens is 411 g/mol. The van der Waals surface area contributed by atoms with E-state index in [2.05, 4.69) is 10.3 Å². The molecule has 4 aromatic rings. The molecule has 0 spiro atoms. The van der Waals surface area contributed by atoms with Crippen molar-refractivity contribution in [1.29, 1.82) is 0 Å². The SMILES string of the molecule is O=C(COc1ccc(Cl)c2cccnc12)N[C@@H](c1ccc(F)cc1)c1cccs1. The fraction of sp³-hybridized carbons (Fsp3) is 0.0909. The number of halogens is 2. The minimum atomic E-state index is -0.383. The number of benzene rings is 2. The molecule has 7 heteroatoms. The van der Waals surface area contributed by atoms with Crippen LogP contribution in [0.1, 0.15) is 16.5 Å². The summed E-state index contributed by atoms with van der Waals surface area (Å²) in [5.41, 5.74) is 1.39. The van der Waals surface area contributed by atoms with E-state index in [0.717, 1.165) is 15.8 Å². The highest BCUT2D eigenvalue weighted by molar-refractivity contribution is 7.10. The monoisotopic (exact) mass is 426 g/mol. The Hall–Kier alpha value is -2.96. The molecule has 2 heterocycles. The smallest absolute Gasteiger partial charge is 0.258 e. The molecule has 4 nitrogen and oxygen atoms in total. The lowest BCUT2D eigenvalue weighted by Gasteiger charge is -2.18. The van der Waals surface area contributed by atoms with Crippen molar-refractivity contribution in [2.75, 3.05) is 6.61 Å². The van der Waals surface area contributed by atoms with Gasteiger partial charge in [0, 0.05) is 16.5 Å². The topological polar surface area (TPSA) is 51.2 Å². The van der Waals surface area contributed by atoms with Gasteiger partial charge in [-0.1, -0.05) is 29.8 Å². The standard InChI is InChI=1S/C22H16ClFN2O2S/c23-17-9-10-18(22-16(17)3-1-11-25-22)28-13-20(27)26-21(19-4-2-12-29-19)14-5-7-15(24)8-6-14/h1-12,21H,13H2,(H,26,27)/t21-/m0/s1. The number of aromatic nitrogens is 1. The first kappa shape index (κ1) is 19.4. The van der Waals surface area contributed by atoms with Gasteiger partial charge in [-0.15, -0.1) is 11.3 Å². The number of amides is 1. The Morgan fingerprint density at radius 2 is 1.97 bits per heavy atom. The molecule has 0 aliphatic rings. The fourth-order valence-electron chi connectivity index (χ4n) is 3.00. The summed E-state index contributed by atoms with van der Waals surface area (Å²) in [6, 6.07) is 16.6. The van der Waals surface area contributed by atoms with Gasteiger partial charge in [-0.3, -0.25) is 9.78 Å². The highest BCUT2D eigenvalue weighted by Crippen LogP contribution is 2.30. The molecule has 146 valence electrons. The van der Waals surface area contributed by atoms with Crippen LogP contribution in [0.2, 0.25) is 5.02 Å². The highest BCUT2D eigenvalue weighted by atomic mass is 35.5. The van der Waals surface area contributed by atoms with Crippen LogP contribution in [-0.2, 0) is 4.79 Å². The minimum Gasteiger partial charge on any atom is -0.481 e. The molecule has 0 bridgehead atoms. The van der Waals surface area contributed by atoms with E-state index in [1.54, 1.807) is 36.5 Å². The molecule has 29 heavy (non-hydrogen) atoms. The molecule has 2 aromatic heterocycles. The predicted octanol–water partition coefficient (Wildman–Crippen LogP) is 5.37. The van der Waals surface area contributed by atoms with Gasteiger partial charge in [0.05, 0.1) is 11.1 Å². The second-order valence-corrected chi connectivity index (χ2v) is 7.69. The third kappa shape index (κ3) is 4.39. The van der Waals surface area contributed by atoms with Crippen LogP contribution in [0.25, 0.3) is 10.9 Å². The van der Waals surface area contributed by atoms with E-state index in [9.17, 15) is 9.18 Å². The molecule has 0 unspecified atom stereocenters. The quantitative estimate of drug-likeness (QED) is 0.450. The maximum absolute atomic E-state index is 13.3. The van der Waals surface area contributed by atoms with Crippen LogP contribution in [0.5, 0.6) is 5.75 Å². The summed E-state index contributed by atoms with van der Waals surface area (Å²) < 4.78 is 19.0. The molecular formula is C22H16ClFN2O2S. The lowest BCUT2D eigenvalue weighted by molar-refractivity contribution is -0.123. The van der Waals surface area contributed by atoms with Gasteiger partial charge in [0.2, 0.25) is 0 Å². The van der Waals surface area contributed by atoms with Crippen molar-refractivity contribution in [3.8, 4) is 5.75 Å². The number of hydrogen-bond donors (Lipinski definition) is 1. The zero-order chi connectivity index (χ0) is 20.2. The van der Waals surface area contributed by atoms with Crippen molar-refractivity contribution < 1.29 is 13.9 Å². The molecule has 0 fully saturated rings. The second kappa shape index (κ2) is 8.59. The average Bonchev–Trinajstić information content (AvgIpc) is 3.27. The lowest BCUT2D eigenvalue weighted by Crippen LogP contribution is -2.33. The van der Waals surface area contributed by atoms with E-state index in [-0.39, 0.29) is 24.4 Å². The second-order valence-electron chi connectivity index (χ2n) is 6.30. The number of carbonyl (C=O) groups is 1. The van der Waals surface area contributed by atoms with Gasteiger partial charge in [0.25, 0.3) is 5.91 Å². The Labute approximate surface area is 175 Å². The number of nitrogens with one attached hydrogen (secondary N) is 1. The van der Waals surface area contributed by atoms with Crippen LogP contribution in [0.15, 0.2) is 72.2 Å². The third-order valence-electron chi connectivity index (χ3n) is 4.37. The average molecular weight is 427 g/mol. The first-order chi connectivity index (χ1) is 14.1. The summed E-state index contributed by atoms with van der Waals surface area (Å²) in [4.78, 5) is 17.9. The molecule has 0 aliphatic carbocycles. The Morgan fingerprint density at radius 1 is 1.14 bits per heavy atom. The van der Waals surface area contributed by atoms with Crippen molar-refractivity contribution in [2.45, 2.75) is 6.04 Å². The molecule has 4 rings (SSSR count). The summed E-state index contributed by atoms with van der Waals surface area (Å²) >= 11 is 7.71. The van der Waals surface area contributed by atoms with Gasteiger partial charge in [-0.05, 0) is 53.4 Å². The van der Waals surface area contributed by atoms with Gasteiger partial charge in [-0.25, -0.2) is 4.39 Å². The van der Waals surface area contributed by atoms with Crippen molar-refractivity contribution >= 4 is 39.7 Å². The van der Waals surface area contributed by atoms with Gasteiger partial charge in [0.1, 0.15) is 17.1 Å². The summed E-state index contributed by atoms with van der Waals surface area (Å²) in [6.45, 7) is -0.184. The van der Waals surface area contributed by atoms with Crippen LogP contribution < -0.4 is 10.1 Å². The highest BCUT2D eigenvalue weighted by Gasteiger charge is 2.19. The van der Waals surface area contributed by atoms with Crippen molar-refractivity contribution in [3.05, 3.63) is 93.5 Å². The largest absolute Gasteiger partial charge is 0.481 e. The fourth-order valence-corrected chi connectivity index (χ4v) is 4.02. The summed E-state index contributed by atoms with van der Waals surface area (Å²) in [6.07, 6.45) is 1.65. The van der Waals surface area contributed by atoms with Crippen LogP contribution in [0, 0.1) is 5.82 Å². The van der Waals surface area contributed by atoms with E-state index in [1.165, 1.54) is 23.5 Å². The van der Waals surface area contributed by atoms with E-state index in [4.69, 9.17) is 16.3 Å². The molecule has 1 amide bonds. The number of pyridine rings is 1. The number of thiophene rings is 1. The van der Waals surface area contributed by atoms with Crippen LogP contribution in [-0.4, -0.2) is 17.5 Å². The predicted molar refractivity (Wildman–Crippen MR) is 113 cm³/mol. The zero-order valence-electron chi connectivity index (χ0n) is 15.1. The number of hydrogen-bond acceptors (Lipinski definition) is 4. The maximum Gasteiger partial charge on any atom is 0.258 e. The molecule has 2 aromatic carbocycles. The lowest BCUT2D eigenvalue weighted by atomic mass is 10.1. The molecule has 0 radical (unpaired) electrons. The van der Waals surface area contributed by atoms with Gasteiger partial charge < -0.3 is 10.1 Å². The van der Waals surface area contributed by atoms with Crippen molar-refractivity contribution in [1.82, 2.24) is 10.3 Å². The number of carbonyl (C=O) groups excluding carboxylic acids is 1. The van der Waals surface area contributed by atoms with Crippen LogP contribution in [0.3, 0.4) is 0 Å². The first-order valence-corrected chi connectivity index (χ1v) is 10.1. The van der Waals surface area contributed by atoms with E-state index in [0.29, 0.717) is 16.3 Å². The van der Waals surface area contributed by atoms with E-state index in [1.807, 2.05) is 23.6 Å². The Balaban J connectivity index is 1.51. The van der Waals surface area contributed by atoms with Gasteiger partial charge in [0.15, 0.2) is 6.61 Å². The Morgan fingerprint density at radius 3 is 2.72 bits per heavy atom. The van der Waals surface area contributed by atoms with Gasteiger partial charge in [-0.2, -0.15) is 0 Å². The number of ether oxygens (including phenoxy) is 1. The molecule has 1 atom stereocenters. The molecule has 0 saturated carbocycles. The summed E-state index contributed by atoms with van der Waals surface area (Å²) in [5, 5.41) is 6.22. The molecule has 0 saturated heterocycles. The maximum atomic E-state index is 13.3. The number of fused-ring (bicyclic) bond motifs is 1. The first-order valence-electron chi connectivity index (χ1n) is 8.86. The number of rotatable bonds is 6. The Kier molecular flexibility index (Phi) is 5.74. The van der Waals surface area contributed by atoms with E-state index < -0.39 is 0 Å². The summed E-state index contributed by atoms with van der Waals surface area (Å²) in [5.74, 6) is -0.142. The number of nitrogens with zero attached hydrogens (tertiary/aromatic N) is 1. The third-order valence-corrected chi connectivity index (χ3v) is 5.64. The van der Waals surface area contributed by atoms with Gasteiger partial charge >= 0.3 is 0 Å².